The lowest BCUT2D eigenvalue weighted by Gasteiger charge is -2.27. The number of benzene rings is 1. The molecule has 1 aromatic carbocycles. The molecule has 0 bridgehead atoms. The van der Waals surface area contributed by atoms with Gasteiger partial charge < -0.3 is 10.0 Å². The van der Waals surface area contributed by atoms with Crippen LogP contribution in [0.25, 0.3) is 0 Å². The minimum absolute atomic E-state index is 0.474. The zero-order chi connectivity index (χ0) is 15.2. The van der Waals surface area contributed by atoms with E-state index in [1.165, 1.54) is 32.1 Å². The van der Waals surface area contributed by atoms with Gasteiger partial charge in [-0.3, -0.25) is 0 Å². The van der Waals surface area contributed by atoms with Crippen molar-refractivity contribution in [3.8, 4) is 0 Å². The van der Waals surface area contributed by atoms with E-state index in [2.05, 4.69) is 11.9 Å². The molecule has 0 aromatic heterocycles. The van der Waals surface area contributed by atoms with Crippen LogP contribution >= 0.6 is 23.2 Å². The molecule has 0 aliphatic heterocycles. The molecule has 1 aliphatic carbocycles. The molecule has 1 aliphatic rings. The molecular formula is C17H25Cl2NO. The van der Waals surface area contributed by atoms with Crippen molar-refractivity contribution in [1.29, 1.82) is 0 Å². The predicted molar refractivity (Wildman–Crippen MR) is 90.1 cm³/mol. The standard InChI is InChI=1S/C17H25Cl2NO/c1-20(12-13-6-3-2-4-7-13)11-10-16(21)14-8-5-9-15(18)17(14)19/h5,8-9,13,16,21H,2-4,6-7,10-12H2,1H3. The van der Waals surface area contributed by atoms with E-state index < -0.39 is 6.10 Å². The molecule has 0 saturated heterocycles. The van der Waals surface area contributed by atoms with Crippen LogP contribution < -0.4 is 0 Å². The van der Waals surface area contributed by atoms with Gasteiger partial charge in [0, 0.05) is 18.7 Å². The van der Waals surface area contributed by atoms with Gasteiger partial charge in [-0.15, -0.1) is 0 Å². The summed E-state index contributed by atoms with van der Waals surface area (Å²) in [5, 5.41) is 11.3. The number of aliphatic hydroxyl groups excluding tert-OH is 1. The smallest absolute Gasteiger partial charge is 0.0817 e. The second kappa shape index (κ2) is 8.38. The highest BCUT2D eigenvalue weighted by Gasteiger charge is 2.17. The topological polar surface area (TPSA) is 23.5 Å². The van der Waals surface area contributed by atoms with Crippen molar-refractivity contribution in [2.24, 2.45) is 5.92 Å². The number of aliphatic hydroxyl groups is 1. The Morgan fingerprint density at radius 3 is 2.67 bits per heavy atom. The van der Waals surface area contributed by atoms with Crippen molar-refractivity contribution in [3.05, 3.63) is 33.8 Å². The van der Waals surface area contributed by atoms with Gasteiger partial charge in [-0.2, -0.15) is 0 Å². The van der Waals surface area contributed by atoms with Crippen LogP contribution in [0.5, 0.6) is 0 Å². The lowest BCUT2D eigenvalue weighted by Crippen LogP contribution is -2.28. The quantitative estimate of drug-likeness (QED) is 0.799. The molecule has 1 N–H and O–H groups in total. The number of rotatable bonds is 6. The van der Waals surface area contributed by atoms with Crippen LogP contribution in [0.3, 0.4) is 0 Å². The van der Waals surface area contributed by atoms with E-state index in [1.807, 2.05) is 12.1 Å². The number of hydrogen-bond acceptors (Lipinski definition) is 2. The second-order valence-electron chi connectivity index (χ2n) is 6.21. The van der Waals surface area contributed by atoms with Crippen LogP contribution in [0, 0.1) is 5.92 Å². The lowest BCUT2D eigenvalue weighted by molar-refractivity contribution is 0.140. The molecule has 4 heteroatoms. The maximum Gasteiger partial charge on any atom is 0.0817 e. The molecule has 118 valence electrons. The molecule has 1 atom stereocenters. The third-order valence-corrected chi connectivity index (χ3v) is 5.25. The van der Waals surface area contributed by atoms with E-state index in [-0.39, 0.29) is 0 Å². The summed E-state index contributed by atoms with van der Waals surface area (Å²) in [5.74, 6) is 0.829. The van der Waals surface area contributed by atoms with E-state index in [4.69, 9.17) is 23.2 Å². The summed E-state index contributed by atoms with van der Waals surface area (Å²) in [5.41, 5.74) is 0.732. The molecule has 0 radical (unpaired) electrons. The maximum atomic E-state index is 10.3. The first-order valence-electron chi connectivity index (χ1n) is 7.88. The van der Waals surface area contributed by atoms with Crippen LogP contribution in [0.2, 0.25) is 10.0 Å². The van der Waals surface area contributed by atoms with Gasteiger partial charge in [0.25, 0.3) is 0 Å². The van der Waals surface area contributed by atoms with Gasteiger partial charge >= 0.3 is 0 Å². The monoisotopic (exact) mass is 329 g/mol. The molecule has 21 heavy (non-hydrogen) atoms. The Bertz CT molecular complexity index is 446. The summed E-state index contributed by atoms with van der Waals surface area (Å²) in [7, 11) is 2.14. The summed E-state index contributed by atoms with van der Waals surface area (Å²) >= 11 is 12.1. The van der Waals surface area contributed by atoms with Gasteiger partial charge in [-0.1, -0.05) is 54.6 Å². The Morgan fingerprint density at radius 2 is 1.95 bits per heavy atom. The maximum absolute atomic E-state index is 10.3. The van der Waals surface area contributed by atoms with E-state index in [0.29, 0.717) is 16.5 Å². The van der Waals surface area contributed by atoms with Gasteiger partial charge in [-0.25, -0.2) is 0 Å². The number of nitrogens with zero attached hydrogens (tertiary/aromatic N) is 1. The highest BCUT2D eigenvalue weighted by Crippen LogP contribution is 2.31. The van der Waals surface area contributed by atoms with E-state index in [0.717, 1.165) is 24.6 Å². The largest absolute Gasteiger partial charge is 0.388 e. The van der Waals surface area contributed by atoms with Crippen LogP contribution in [0.15, 0.2) is 18.2 Å². The molecule has 1 fully saturated rings. The third kappa shape index (κ3) is 5.14. The normalized spacial score (nSPS) is 18.1. The fourth-order valence-corrected chi connectivity index (χ4v) is 3.61. The van der Waals surface area contributed by atoms with Crippen molar-refractivity contribution in [2.45, 2.75) is 44.6 Å². The fraction of sp³-hybridized carbons (Fsp3) is 0.647. The molecule has 2 rings (SSSR count). The molecule has 2 nitrogen and oxygen atoms in total. The summed E-state index contributed by atoms with van der Waals surface area (Å²) < 4.78 is 0. The average Bonchev–Trinajstić information content (AvgIpc) is 2.48. The van der Waals surface area contributed by atoms with Crippen LogP contribution in [0.4, 0.5) is 0 Å². The van der Waals surface area contributed by atoms with Gasteiger partial charge in [0.1, 0.15) is 0 Å². The Kier molecular flexibility index (Phi) is 6.81. The summed E-state index contributed by atoms with van der Waals surface area (Å²) in [6, 6.07) is 5.42. The van der Waals surface area contributed by atoms with Crippen LogP contribution in [0.1, 0.15) is 50.2 Å². The summed E-state index contributed by atoms with van der Waals surface area (Å²) in [6.07, 6.45) is 6.98. The molecule has 0 amide bonds. The Morgan fingerprint density at radius 1 is 1.24 bits per heavy atom. The SMILES string of the molecule is CN(CCC(O)c1cccc(Cl)c1Cl)CC1CCCCC1. The van der Waals surface area contributed by atoms with Gasteiger partial charge in [0.15, 0.2) is 0 Å². The first-order chi connectivity index (χ1) is 10.1. The first-order valence-corrected chi connectivity index (χ1v) is 8.64. The second-order valence-corrected chi connectivity index (χ2v) is 7.00. The van der Waals surface area contributed by atoms with Crippen molar-refractivity contribution >= 4 is 23.2 Å². The molecule has 1 saturated carbocycles. The number of hydrogen-bond donors (Lipinski definition) is 1. The number of halogens is 2. The Labute approximate surface area is 138 Å². The van der Waals surface area contributed by atoms with Crippen molar-refractivity contribution in [1.82, 2.24) is 4.90 Å². The molecule has 1 aromatic rings. The average molecular weight is 330 g/mol. The minimum Gasteiger partial charge on any atom is -0.388 e. The van der Waals surface area contributed by atoms with Crippen molar-refractivity contribution < 1.29 is 5.11 Å². The van der Waals surface area contributed by atoms with Gasteiger partial charge in [-0.05, 0) is 38.3 Å². The van der Waals surface area contributed by atoms with Gasteiger partial charge in [0.2, 0.25) is 0 Å². The Hall–Kier alpha value is -0.280. The molecule has 0 heterocycles. The van der Waals surface area contributed by atoms with E-state index >= 15 is 0 Å². The first kappa shape index (κ1) is 17.1. The molecule has 1 unspecified atom stereocenters. The zero-order valence-corrected chi connectivity index (χ0v) is 14.2. The third-order valence-electron chi connectivity index (χ3n) is 4.42. The summed E-state index contributed by atoms with van der Waals surface area (Å²) in [4.78, 5) is 2.33. The van der Waals surface area contributed by atoms with Crippen LogP contribution in [-0.2, 0) is 0 Å². The van der Waals surface area contributed by atoms with E-state index in [9.17, 15) is 5.11 Å². The Balaban J connectivity index is 1.80. The van der Waals surface area contributed by atoms with Gasteiger partial charge in [0.05, 0.1) is 16.1 Å². The molecule has 0 spiro atoms. The highest BCUT2D eigenvalue weighted by molar-refractivity contribution is 6.42. The molecular weight excluding hydrogens is 305 g/mol. The van der Waals surface area contributed by atoms with Crippen LogP contribution in [-0.4, -0.2) is 30.1 Å². The predicted octanol–water partition coefficient (Wildman–Crippen LogP) is 4.93. The van der Waals surface area contributed by atoms with Crippen molar-refractivity contribution in [3.63, 3.8) is 0 Å². The minimum atomic E-state index is -0.551. The highest BCUT2D eigenvalue weighted by atomic mass is 35.5. The summed E-state index contributed by atoms with van der Waals surface area (Å²) in [6.45, 7) is 2.01. The fourth-order valence-electron chi connectivity index (χ4n) is 3.18. The lowest BCUT2D eigenvalue weighted by atomic mass is 9.89. The van der Waals surface area contributed by atoms with E-state index in [1.54, 1.807) is 6.07 Å². The van der Waals surface area contributed by atoms with Crippen molar-refractivity contribution in [2.75, 3.05) is 20.1 Å². The zero-order valence-electron chi connectivity index (χ0n) is 12.7.